The first-order valence-electron chi connectivity index (χ1n) is 12.8. The van der Waals surface area contributed by atoms with Gasteiger partial charge in [0.1, 0.15) is 5.84 Å². The predicted molar refractivity (Wildman–Crippen MR) is 164 cm³/mol. The number of amidine groups is 1. The summed E-state index contributed by atoms with van der Waals surface area (Å²) in [6.45, 7) is 2.08. The van der Waals surface area contributed by atoms with E-state index in [4.69, 9.17) is 16.4 Å². The van der Waals surface area contributed by atoms with Crippen LogP contribution >= 0.6 is 27.5 Å². The van der Waals surface area contributed by atoms with Gasteiger partial charge in [-0.2, -0.15) is 8.42 Å². The van der Waals surface area contributed by atoms with Crippen molar-refractivity contribution in [1.82, 2.24) is 10.6 Å². The summed E-state index contributed by atoms with van der Waals surface area (Å²) in [5.41, 5.74) is 2.75. The average molecular weight is 654 g/mol. The van der Waals surface area contributed by atoms with Crippen LogP contribution in [0.3, 0.4) is 0 Å². The molecule has 0 unspecified atom stereocenters. The molecule has 41 heavy (non-hydrogen) atoms. The first kappa shape index (κ1) is 28.7. The lowest BCUT2D eigenvalue weighted by molar-refractivity contribution is 0.0954. The Morgan fingerprint density at radius 3 is 2.39 bits per heavy atom. The van der Waals surface area contributed by atoms with Crippen molar-refractivity contribution in [1.29, 1.82) is 0 Å². The third-order valence-electron chi connectivity index (χ3n) is 6.28. The second-order valence-electron chi connectivity index (χ2n) is 9.12. The van der Waals surface area contributed by atoms with Gasteiger partial charge in [-0.1, -0.05) is 74.5 Å². The minimum absolute atomic E-state index is 0.0485. The van der Waals surface area contributed by atoms with Gasteiger partial charge in [0.05, 0.1) is 22.2 Å². The summed E-state index contributed by atoms with van der Waals surface area (Å²) in [5, 5.41) is 6.37. The second kappa shape index (κ2) is 12.8. The highest BCUT2D eigenvalue weighted by Gasteiger charge is 2.28. The third kappa shape index (κ3) is 6.90. The zero-order chi connectivity index (χ0) is 28.8. The van der Waals surface area contributed by atoms with Gasteiger partial charge in [0, 0.05) is 28.7 Å². The molecule has 0 atom stereocenters. The van der Waals surface area contributed by atoms with Crippen molar-refractivity contribution in [3.63, 3.8) is 0 Å². The van der Waals surface area contributed by atoms with Crippen molar-refractivity contribution in [2.45, 2.75) is 11.3 Å². The molecule has 4 aromatic rings. The van der Waals surface area contributed by atoms with Gasteiger partial charge in [0.15, 0.2) is 5.75 Å². The first-order valence-corrected chi connectivity index (χ1v) is 15.4. The number of hydrogen-bond acceptors (Lipinski definition) is 6. The standard InChI is InChI=1S/C30H26BrClN4O4S/c31-24-12-15-28(27(32)20-24)40-36(25-4-2-1-3-5-25)41(38,39)26-13-10-23(11-14-26)30(37)35-17-16-21-6-8-22(9-7-21)29-33-18-19-34-29/h1-15,20H,16-19H2,(H,33,34)(H,35,37). The molecule has 1 heterocycles. The fourth-order valence-corrected chi connectivity index (χ4v) is 6.10. The summed E-state index contributed by atoms with van der Waals surface area (Å²) in [4.78, 5) is 22.9. The molecule has 0 saturated heterocycles. The number of rotatable bonds is 10. The summed E-state index contributed by atoms with van der Waals surface area (Å²) in [6, 6.07) is 27.1. The predicted octanol–water partition coefficient (Wildman–Crippen LogP) is 5.61. The van der Waals surface area contributed by atoms with E-state index >= 15 is 0 Å². The Bertz CT molecular complexity index is 1670. The molecule has 210 valence electrons. The second-order valence-corrected chi connectivity index (χ2v) is 12.2. The smallest absolute Gasteiger partial charge is 0.295 e. The summed E-state index contributed by atoms with van der Waals surface area (Å²) >= 11 is 9.63. The monoisotopic (exact) mass is 652 g/mol. The fraction of sp³-hybridized carbons (Fsp3) is 0.133. The lowest BCUT2D eigenvalue weighted by Crippen LogP contribution is -2.34. The number of nitrogens with one attached hydrogen (secondary N) is 2. The van der Waals surface area contributed by atoms with Gasteiger partial charge in [0.2, 0.25) is 0 Å². The summed E-state index contributed by atoms with van der Waals surface area (Å²) in [5.74, 6) is 0.774. The number of sulfonamides is 1. The molecule has 11 heteroatoms. The maximum Gasteiger partial charge on any atom is 0.295 e. The molecule has 0 radical (unpaired) electrons. The van der Waals surface area contributed by atoms with Gasteiger partial charge < -0.3 is 15.5 Å². The minimum Gasteiger partial charge on any atom is -0.368 e. The summed E-state index contributed by atoms with van der Waals surface area (Å²) in [7, 11) is -4.19. The van der Waals surface area contributed by atoms with Gasteiger partial charge in [0.25, 0.3) is 15.9 Å². The van der Waals surface area contributed by atoms with E-state index in [-0.39, 0.29) is 27.3 Å². The molecule has 5 rings (SSSR count). The molecule has 0 saturated carbocycles. The Kier molecular flexibility index (Phi) is 8.92. The van der Waals surface area contributed by atoms with Crippen LogP contribution in [0.5, 0.6) is 5.75 Å². The number of para-hydroxylation sites is 1. The van der Waals surface area contributed by atoms with Gasteiger partial charge in [-0.25, -0.2) is 0 Å². The highest BCUT2D eigenvalue weighted by Crippen LogP contribution is 2.32. The van der Waals surface area contributed by atoms with Crippen LogP contribution in [0.4, 0.5) is 5.69 Å². The van der Waals surface area contributed by atoms with Crippen molar-refractivity contribution < 1.29 is 18.0 Å². The molecule has 1 aliphatic heterocycles. The quantitative estimate of drug-likeness (QED) is 0.217. The highest BCUT2D eigenvalue weighted by molar-refractivity contribution is 9.10. The SMILES string of the molecule is O=C(NCCc1ccc(C2=NCCN2)cc1)c1ccc(S(=O)(=O)N(Oc2ccc(Br)cc2Cl)c2ccccc2)cc1. The van der Waals surface area contributed by atoms with E-state index in [1.807, 2.05) is 24.3 Å². The lowest BCUT2D eigenvalue weighted by Gasteiger charge is -2.24. The zero-order valence-corrected chi connectivity index (χ0v) is 24.9. The van der Waals surface area contributed by atoms with E-state index in [0.29, 0.717) is 18.5 Å². The van der Waals surface area contributed by atoms with Gasteiger partial charge >= 0.3 is 0 Å². The number of carbonyl (C=O) groups is 1. The summed E-state index contributed by atoms with van der Waals surface area (Å²) in [6.07, 6.45) is 0.653. The van der Waals surface area contributed by atoms with Crippen LogP contribution in [0.15, 0.2) is 111 Å². The van der Waals surface area contributed by atoms with Crippen LogP contribution in [-0.2, 0) is 16.4 Å². The van der Waals surface area contributed by atoms with E-state index in [1.54, 1.807) is 48.5 Å². The number of nitrogens with zero attached hydrogens (tertiary/aromatic N) is 2. The molecule has 0 bridgehead atoms. The number of aliphatic imine (C=N–C) groups is 1. The van der Waals surface area contributed by atoms with E-state index in [9.17, 15) is 13.2 Å². The maximum atomic E-state index is 13.7. The Morgan fingerprint density at radius 2 is 1.73 bits per heavy atom. The van der Waals surface area contributed by atoms with Crippen molar-refractivity contribution >= 4 is 55.0 Å². The van der Waals surface area contributed by atoms with Crippen LogP contribution < -0.4 is 19.9 Å². The van der Waals surface area contributed by atoms with Crippen molar-refractivity contribution in [3.05, 3.63) is 123 Å². The van der Waals surface area contributed by atoms with Crippen LogP contribution in [0.2, 0.25) is 5.02 Å². The molecule has 8 nitrogen and oxygen atoms in total. The van der Waals surface area contributed by atoms with Crippen LogP contribution in [0.1, 0.15) is 21.5 Å². The molecule has 2 N–H and O–H groups in total. The van der Waals surface area contributed by atoms with Crippen molar-refractivity contribution in [2.24, 2.45) is 4.99 Å². The normalized spacial score (nSPS) is 12.8. The Hall–Kier alpha value is -3.86. The van der Waals surface area contributed by atoms with Crippen LogP contribution in [0, 0.1) is 0 Å². The Labute approximate surface area is 252 Å². The lowest BCUT2D eigenvalue weighted by atomic mass is 10.1. The van der Waals surface area contributed by atoms with E-state index in [2.05, 4.69) is 31.6 Å². The molecule has 0 aliphatic carbocycles. The Balaban J connectivity index is 1.26. The van der Waals surface area contributed by atoms with Crippen molar-refractivity contribution in [2.75, 3.05) is 24.1 Å². The minimum atomic E-state index is -4.19. The number of hydrogen-bond donors (Lipinski definition) is 2. The number of halogens is 2. The van der Waals surface area contributed by atoms with E-state index in [0.717, 1.165) is 39.0 Å². The number of carbonyl (C=O) groups excluding carboxylic acids is 1. The number of amides is 1. The largest absolute Gasteiger partial charge is 0.368 e. The molecule has 0 fully saturated rings. The molecular formula is C30H26BrClN4O4S. The topological polar surface area (TPSA) is 100 Å². The first-order chi connectivity index (χ1) is 19.8. The molecule has 1 aliphatic rings. The Morgan fingerprint density at radius 1 is 1.00 bits per heavy atom. The maximum absolute atomic E-state index is 13.7. The highest BCUT2D eigenvalue weighted by atomic mass is 79.9. The number of anilines is 1. The molecular weight excluding hydrogens is 628 g/mol. The van der Waals surface area contributed by atoms with Gasteiger partial charge in [-0.05, 0) is 66.6 Å². The van der Waals surface area contributed by atoms with Gasteiger partial charge in [-0.15, -0.1) is 0 Å². The molecule has 4 aromatic carbocycles. The fourth-order valence-electron chi connectivity index (χ4n) is 4.15. The van der Waals surface area contributed by atoms with E-state index in [1.165, 1.54) is 24.3 Å². The third-order valence-corrected chi connectivity index (χ3v) is 8.65. The van der Waals surface area contributed by atoms with E-state index < -0.39 is 10.0 Å². The van der Waals surface area contributed by atoms with Crippen LogP contribution in [0.25, 0.3) is 0 Å². The molecule has 0 aromatic heterocycles. The van der Waals surface area contributed by atoms with Gasteiger partial charge in [-0.3, -0.25) is 9.79 Å². The van der Waals surface area contributed by atoms with Crippen molar-refractivity contribution in [3.8, 4) is 5.75 Å². The average Bonchev–Trinajstić information content (AvgIpc) is 3.53. The summed E-state index contributed by atoms with van der Waals surface area (Å²) < 4.78 is 28.9. The van der Waals surface area contributed by atoms with Crippen LogP contribution in [-0.4, -0.2) is 39.8 Å². The molecule has 1 amide bonds. The zero-order valence-electron chi connectivity index (χ0n) is 21.8. The number of benzene rings is 4. The molecule has 0 spiro atoms.